The molecule has 1 spiro atoms. The Morgan fingerprint density at radius 1 is 1.05 bits per heavy atom. The molecule has 0 aromatic heterocycles. The average Bonchev–Trinajstić information content (AvgIpc) is 2.45. The van der Waals surface area contributed by atoms with Crippen molar-refractivity contribution in [1.82, 2.24) is 10.2 Å². The molecule has 0 aromatic carbocycles. The van der Waals surface area contributed by atoms with Crippen LogP contribution in [0.25, 0.3) is 0 Å². The summed E-state index contributed by atoms with van der Waals surface area (Å²) in [7, 11) is 0. The molecule has 4 nitrogen and oxygen atoms in total. The van der Waals surface area contributed by atoms with Gasteiger partial charge in [-0.3, -0.25) is 9.59 Å². The van der Waals surface area contributed by atoms with Crippen molar-refractivity contribution in [2.24, 2.45) is 0 Å². The molecule has 21 heavy (non-hydrogen) atoms. The van der Waals surface area contributed by atoms with Crippen molar-refractivity contribution >= 4 is 11.8 Å². The zero-order valence-corrected chi connectivity index (χ0v) is 13.4. The molecule has 4 heteroatoms. The normalized spacial score (nSPS) is 31.0. The van der Waals surface area contributed by atoms with Crippen LogP contribution in [-0.2, 0) is 9.59 Å². The summed E-state index contributed by atoms with van der Waals surface area (Å²) in [6, 6.07) is -0.259. The molecule has 0 aromatic rings. The highest BCUT2D eigenvalue weighted by Gasteiger charge is 2.57. The number of carbonyl (C=O) groups excluding carboxylic acids is 2. The Bertz CT molecular complexity index is 431. The van der Waals surface area contributed by atoms with Crippen LogP contribution in [0.4, 0.5) is 0 Å². The molecular weight excluding hydrogens is 264 g/mol. The second-order valence-electron chi connectivity index (χ2n) is 7.16. The number of hydrogen-bond donors (Lipinski definition) is 1. The molecule has 0 bridgehead atoms. The molecule has 0 radical (unpaired) electrons. The molecule has 1 aliphatic heterocycles. The van der Waals surface area contributed by atoms with Crippen LogP contribution in [-0.4, -0.2) is 33.8 Å². The summed E-state index contributed by atoms with van der Waals surface area (Å²) in [5, 5.41) is 3.13. The second kappa shape index (κ2) is 5.29. The SMILES string of the molecule is CCC1C(=O)NC2(CCCCC2)C(=O)N1C1(CC)CCC1. The van der Waals surface area contributed by atoms with Gasteiger partial charge in [0.25, 0.3) is 0 Å². The number of nitrogens with zero attached hydrogens (tertiary/aromatic N) is 1. The number of rotatable bonds is 3. The van der Waals surface area contributed by atoms with Gasteiger partial charge in [-0.15, -0.1) is 0 Å². The van der Waals surface area contributed by atoms with E-state index in [1.54, 1.807) is 0 Å². The number of piperazine rings is 1. The summed E-state index contributed by atoms with van der Waals surface area (Å²) in [5.74, 6) is 0.300. The zero-order valence-electron chi connectivity index (χ0n) is 13.4. The van der Waals surface area contributed by atoms with Gasteiger partial charge in [0.15, 0.2) is 0 Å². The Morgan fingerprint density at radius 2 is 1.71 bits per heavy atom. The van der Waals surface area contributed by atoms with Crippen LogP contribution in [0.2, 0.25) is 0 Å². The van der Waals surface area contributed by atoms with E-state index in [1.807, 2.05) is 11.8 Å². The second-order valence-corrected chi connectivity index (χ2v) is 7.16. The Balaban J connectivity index is 1.96. The minimum atomic E-state index is -0.585. The summed E-state index contributed by atoms with van der Waals surface area (Å²) in [4.78, 5) is 28.0. The summed E-state index contributed by atoms with van der Waals surface area (Å²) >= 11 is 0. The van der Waals surface area contributed by atoms with Crippen molar-refractivity contribution in [2.75, 3.05) is 0 Å². The molecule has 2 aliphatic carbocycles. The topological polar surface area (TPSA) is 49.4 Å². The third kappa shape index (κ3) is 2.09. The van der Waals surface area contributed by atoms with Gasteiger partial charge in [0, 0.05) is 5.54 Å². The predicted octanol–water partition coefficient (Wildman–Crippen LogP) is 2.76. The fraction of sp³-hybridized carbons (Fsp3) is 0.882. The van der Waals surface area contributed by atoms with E-state index in [1.165, 1.54) is 12.8 Å². The predicted molar refractivity (Wildman–Crippen MR) is 81.8 cm³/mol. The molecule has 2 saturated carbocycles. The van der Waals surface area contributed by atoms with Crippen molar-refractivity contribution in [3.05, 3.63) is 0 Å². The molecule has 1 heterocycles. The lowest BCUT2D eigenvalue weighted by molar-refractivity contribution is -0.170. The van der Waals surface area contributed by atoms with E-state index in [0.717, 1.165) is 51.4 Å². The van der Waals surface area contributed by atoms with Crippen molar-refractivity contribution < 1.29 is 9.59 Å². The molecular formula is C17H28N2O2. The van der Waals surface area contributed by atoms with E-state index in [4.69, 9.17) is 0 Å². The monoisotopic (exact) mass is 292 g/mol. The number of hydrogen-bond acceptors (Lipinski definition) is 2. The zero-order chi connectivity index (χ0) is 15.1. The maximum atomic E-state index is 13.3. The molecule has 1 atom stereocenters. The maximum Gasteiger partial charge on any atom is 0.249 e. The minimum Gasteiger partial charge on any atom is -0.340 e. The first-order valence-corrected chi connectivity index (χ1v) is 8.74. The van der Waals surface area contributed by atoms with Crippen molar-refractivity contribution in [3.8, 4) is 0 Å². The van der Waals surface area contributed by atoms with Crippen LogP contribution < -0.4 is 5.32 Å². The lowest BCUT2D eigenvalue weighted by Crippen LogP contribution is -2.76. The van der Waals surface area contributed by atoms with E-state index >= 15 is 0 Å². The first-order chi connectivity index (χ1) is 10.1. The third-order valence-electron chi connectivity index (χ3n) is 6.15. The highest BCUT2D eigenvalue weighted by molar-refractivity contribution is 6.00. The van der Waals surface area contributed by atoms with Crippen LogP contribution in [0.5, 0.6) is 0 Å². The van der Waals surface area contributed by atoms with Gasteiger partial charge >= 0.3 is 0 Å². The van der Waals surface area contributed by atoms with E-state index < -0.39 is 5.54 Å². The highest BCUT2D eigenvalue weighted by atomic mass is 16.2. The van der Waals surface area contributed by atoms with E-state index in [0.29, 0.717) is 0 Å². The van der Waals surface area contributed by atoms with Crippen LogP contribution in [0, 0.1) is 0 Å². The van der Waals surface area contributed by atoms with Gasteiger partial charge in [-0.05, 0) is 44.9 Å². The van der Waals surface area contributed by atoms with Gasteiger partial charge in [-0.2, -0.15) is 0 Å². The molecule has 3 rings (SSSR count). The van der Waals surface area contributed by atoms with E-state index in [9.17, 15) is 9.59 Å². The molecule has 1 N–H and O–H groups in total. The first kappa shape index (κ1) is 14.9. The summed E-state index contributed by atoms with van der Waals surface area (Å²) in [5.41, 5.74) is -0.626. The molecule has 1 unspecified atom stereocenters. The maximum absolute atomic E-state index is 13.3. The van der Waals surface area contributed by atoms with Crippen LogP contribution in [0.15, 0.2) is 0 Å². The Morgan fingerprint density at radius 3 is 2.19 bits per heavy atom. The van der Waals surface area contributed by atoms with Gasteiger partial charge in [0.2, 0.25) is 11.8 Å². The first-order valence-electron chi connectivity index (χ1n) is 8.74. The van der Waals surface area contributed by atoms with Crippen molar-refractivity contribution in [2.45, 2.75) is 95.2 Å². The molecule has 118 valence electrons. The van der Waals surface area contributed by atoms with Gasteiger partial charge < -0.3 is 10.2 Å². The number of carbonyl (C=O) groups is 2. The fourth-order valence-electron chi connectivity index (χ4n) is 4.62. The molecule has 2 amide bonds. The smallest absolute Gasteiger partial charge is 0.249 e. The lowest BCUT2D eigenvalue weighted by Gasteiger charge is -2.58. The van der Waals surface area contributed by atoms with Crippen LogP contribution in [0.3, 0.4) is 0 Å². The fourth-order valence-corrected chi connectivity index (χ4v) is 4.62. The van der Waals surface area contributed by atoms with Crippen molar-refractivity contribution in [3.63, 3.8) is 0 Å². The van der Waals surface area contributed by atoms with Crippen LogP contribution >= 0.6 is 0 Å². The largest absolute Gasteiger partial charge is 0.340 e. The van der Waals surface area contributed by atoms with E-state index in [-0.39, 0.29) is 23.4 Å². The Labute approximate surface area is 127 Å². The van der Waals surface area contributed by atoms with Crippen LogP contribution in [0.1, 0.15) is 78.1 Å². The van der Waals surface area contributed by atoms with Gasteiger partial charge in [-0.1, -0.05) is 33.1 Å². The van der Waals surface area contributed by atoms with Gasteiger partial charge in [0.1, 0.15) is 11.6 Å². The molecule has 1 saturated heterocycles. The minimum absolute atomic E-state index is 0.0417. The quantitative estimate of drug-likeness (QED) is 0.869. The Hall–Kier alpha value is -1.06. The highest BCUT2D eigenvalue weighted by Crippen LogP contribution is 2.46. The summed E-state index contributed by atoms with van der Waals surface area (Å²) in [6.45, 7) is 4.19. The summed E-state index contributed by atoms with van der Waals surface area (Å²) in [6.07, 6.45) is 9.93. The lowest BCUT2D eigenvalue weighted by atomic mass is 9.69. The number of nitrogens with one attached hydrogen (secondary N) is 1. The molecule has 3 aliphatic rings. The third-order valence-corrected chi connectivity index (χ3v) is 6.15. The Kier molecular flexibility index (Phi) is 3.74. The van der Waals surface area contributed by atoms with Crippen molar-refractivity contribution in [1.29, 1.82) is 0 Å². The number of amides is 2. The summed E-state index contributed by atoms with van der Waals surface area (Å²) < 4.78 is 0. The van der Waals surface area contributed by atoms with Gasteiger partial charge in [0.05, 0.1) is 0 Å². The average molecular weight is 292 g/mol. The standard InChI is InChI=1S/C17H28N2O2/c1-3-13-14(20)18-17(11-6-5-7-12-17)15(21)19(13)16(4-2)9-8-10-16/h13H,3-12H2,1-2H3,(H,18,20). The van der Waals surface area contributed by atoms with E-state index in [2.05, 4.69) is 12.2 Å². The van der Waals surface area contributed by atoms with Gasteiger partial charge in [-0.25, -0.2) is 0 Å². The molecule has 3 fully saturated rings.